The molecule has 3 aromatic carbocycles. The van der Waals surface area contributed by atoms with Crippen molar-refractivity contribution in [3.63, 3.8) is 0 Å². The second kappa shape index (κ2) is 12.4. The predicted molar refractivity (Wildman–Crippen MR) is 150 cm³/mol. The van der Waals surface area contributed by atoms with Gasteiger partial charge in [0.15, 0.2) is 0 Å². The molecule has 38 heavy (non-hydrogen) atoms. The molecule has 1 unspecified atom stereocenters. The van der Waals surface area contributed by atoms with E-state index in [9.17, 15) is 14.4 Å². The Hall–Kier alpha value is -4.07. The van der Waals surface area contributed by atoms with Gasteiger partial charge in [-0.05, 0) is 47.4 Å². The SMILES string of the molecule is CN1CCN(Cc2ccc(C=Cc3c(C(N)=O)cccc3C(Cc3ccccc3)C(=O)C(N)=O)cc2)CC1. The number of Topliss-reactive ketones (excluding diaryl/α,β-unsaturated/α-hetero) is 1. The number of nitrogens with zero attached hydrogens (tertiary/aromatic N) is 2. The summed E-state index contributed by atoms with van der Waals surface area (Å²) in [6.45, 7) is 5.17. The Morgan fingerprint density at radius 2 is 1.50 bits per heavy atom. The van der Waals surface area contributed by atoms with E-state index in [1.807, 2.05) is 48.5 Å². The van der Waals surface area contributed by atoms with Crippen LogP contribution < -0.4 is 11.5 Å². The molecule has 7 nitrogen and oxygen atoms in total. The van der Waals surface area contributed by atoms with Crippen LogP contribution in [-0.2, 0) is 22.6 Å². The maximum absolute atomic E-state index is 13.0. The topological polar surface area (TPSA) is 110 Å². The van der Waals surface area contributed by atoms with E-state index in [1.165, 1.54) is 5.56 Å². The van der Waals surface area contributed by atoms with Crippen LogP contribution >= 0.6 is 0 Å². The molecule has 0 saturated carbocycles. The number of primary amides is 2. The average molecular weight is 511 g/mol. The molecule has 1 aliphatic rings. The van der Waals surface area contributed by atoms with Gasteiger partial charge in [-0.15, -0.1) is 0 Å². The smallest absolute Gasteiger partial charge is 0.285 e. The van der Waals surface area contributed by atoms with Gasteiger partial charge in [0.1, 0.15) is 0 Å². The molecule has 1 atom stereocenters. The van der Waals surface area contributed by atoms with Gasteiger partial charge in [0, 0.05) is 38.3 Å². The van der Waals surface area contributed by atoms with Crippen LogP contribution in [0.15, 0.2) is 72.8 Å². The van der Waals surface area contributed by atoms with Crippen LogP contribution in [0.3, 0.4) is 0 Å². The average Bonchev–Trinajstić information content (AvgIpc) is 2.92. The highest BCUT2D eigenvalue weighted by molar-refractivity contribution is 6.37. The number of hydrogen-bond donors (Lipinski definition) is 2. The molecule has 1 aliphatic heterocycles. The Morgan fingerprint density at radius 1 is 0.816 bits per heavy atom. The summed E-state index contributed by atoms with van der Waals surface area (Å²) in [5, 5.41) is 0. The van der Waals surface area contributed by atoms with Gasteiger partial charge in [-0.2, -0.15) is 0 Å². The Bertz CT molecular complexity index is 1310. The fraction of sp³-hybridized carbons (Fsp3) is 0.258. The summed E-state index contributed by atoms with van der Waals surface area (Å²) in [5.41, 5.74) is 15.5. The summed E-state index contributed by atoms with van der Waals surface area (Å²) >= 11 is 0. The molecular weight excluding hydrogens is 476 g/mol. The quantitative estimate of drug-likeness (QED) is 0.322. The van der Waals surface area contributed by atoms with Crippen molar-refractivity contribution in [2.45, 2.75) is 18.9 Å². The van der Waals surface area contributed by atoms with Crippen molar-refractivity contribution >= 4 is 29.7 Å². The predicted octanol–water partition coefficient (Wildman–Crippen LogP) is 3.08. The van der Waals surface area contributed by atoms with Crippen LogP contribution in [0.2, 0.25) is 0 Å². The summed E-state index contributed by atoms with van der Waals surface area (Å²) in [7, 11) is 2.15. The molecular formula is C31H34N4O3. The lowest BCUT2D eigenvalue weighted by atomic mass is 9.83. The third-order valence-corrected chi connectivity index (χ3v) is 7.05. The highest BCUT2D eigenvalue weighted by Gasteiger charge is 2.28. The standard InChI is InChI=1S/C31H34N4O3/c1-34-16-18-35(19-17-34)21-24-12-10-22(11-13-24)14-15-26-25(8-5-9-27(26)30(32)37)28(29(36)31(33)38)20-23-6-3-2-4-7-23/h2-15,28H,16-21H2,1H3,(H2,32,37)(H2,33,38). The van der Waals surface area contributed by atoms with Crippen molar-refractivity contribution in [2.24, 2.45) is 11.5 Å². The molecule has 1 saturated heterocycles. The van der Waals surface area contributed by atoms with Gasteiger partial charge in [-0.3, -0.25) is 19.3 Å². The lowest BCUT2D eigenvalue weighted by Crippen LogP contribution is -2.43. The second-order valence-corrected chi connectivity index (χ2v) is 9.80. The summed E-state index contributed by atoms with van der Waals surface area (Å²) in [4.78, 5) is 42.0. The van der Waals surface area contributed by atoms with E-state index >= 15 is 0 Å². The Balaban J connectivity index is 1.62. The van der Waals surface area contributed by atoms with Crippen LogP contribution in [0.25, 0.3) is 12.2 Å². The Kier molecular flexibility index (Phi) is 8.84. The maximum atomic E-state index is 13.0. The first kappa shape index (κ1) is 27.0. The van der Waals surface area contributed by atoms with Crippen molar-refractivity contribution in [1.29, 1.82) is 0 Å². The van der Waals surface area contributed by atoms with Crippen molar-refractivity contribution in [2.75, 3.05) is 33.2 Å². The number of likely N-dealkylation sites (N-methyl/N-ethyl adjacent to an activating group) is 1. The van der Waals surface area contributed by atoms with E-state index in [-0.39, 0.29) is 12.0 Å². The number of ketones is 1. The van der Waals surface area contributed by atoms with E-state index in [0.717, 1.165) is 43.9 Å². The zero-order valence-electron chi connectivity index (χ0n) is 21.7. The van der Waals surface area contributed by atoms with Gasteiger partial charge in [0.2, 0.25) is 11.7 Å². The Morgan fingerprint density at radius 3 is 2.13 bits per heavy atom. The highest BCUT2D eigenvalue weighted by atomic mass is 16.2. The first-order valence-corrected chi connectivity index (χ1v) is 12.8. The van der Waals surface area contributed by atoms with Gasteiger partial charge in [0.25, 0.3) is 5.91 Å². The van der Waals surface area contributed by atoms with Gasteiger partial charge in [-0.1, -0.05) is 78.9 Å². The molecule has 1 heterocycles. The van der Waals surface area contributed by atoms with Crippen LogP contribution in [0.4, 0.5) is 0 Å². The number of rotatable bonds is 10. The summed E-state index contributed by atoms with van der Waals surface area (Å²) < 4.78 is 0. The van der Waals surface area contributed by atoms with E-state index in [0.29, 0.717) is 11.1 Å². The van der Waals surface area contributed by atoms with Crippen LogP contribution in [0.1, 0.15) is 44.1 Å². The van der Waals surface area contributed by atoms with E-state index in [2.05, 4.69) is 29.0 Å². The van der Waals surface area contributed by atoms with E-state index in [1.54, 1.807) is 24.3 Å². The van der Waals surface area contributed by atoms with E-state index < -0.39 is 23.5 Å². The van der Waals surface area contributed by atoms with Gasteiger partial charge in [-0.25, -0.2) is 0 Å². The van der Waals surface area contributed by atoms with Crippen LogP contribution in [0, 0.1) is 0 Å². The molecule has 0 bridgehead atoms. The zero-order chi connectivity index (χ0) is 27.1. The third-order valence-electron chi connectivity index (χ3n) is 7.05. The number of amides is 2. The zero-order valence-corrected chi connectivity index (χ0v) is 21.7. The number of nitrogens with two attached hydrogens (primary N) is 2. The van der Waals surface area contributed by atoms with Crippen LogP contribution in [-0.4, -0.2) is 60.6 Å². The first-order valence-electron chi connectivity index (χ1n) is 12.8. The maximum Gasteiger partial charge on any atom is 0.285 e. The molecule has 7 heteroatoms. The van der Waals surface area contributed by atoms with E-state index in [4.69, 9.17) is 11.5 Å². The molecule has 4 rings (SSSR count). The Labute approximate surface area is 223 Å². The first-order chi connectivity index (χ1) is 18.3. The van der Waals surface area contributed by atoms with Crippen molar-refractivity contribution in [3.8, 4) is 0 Å². The summed E-state index contributed by atoms with van der Waals surface area (Å²) in [6.07, 6.45) is 3.95. The fourth-order valence-electron chi connectivity index (χ4n) is 4.83. The molecule has 0 radical (unpaired) electrons. The van der Waals surface area contributed by atoms with Crippen molar-refractivity contribution in [3.05, 3.63) is 106 Å². The molecule has 4 N–H and O–H groups in total. The normalized spacial score (nSPS) is 15.4. The number of carbonyl (C=O) groups excluding carboxylic acids is 3. The monoisotopic (exact) mass is 510 g/mol. The number of benzene rings is 3. The number of hydrogen-bond acceptors (Lipinski definition) is 5. The minimum Gasteiger partial charge on any atom is -0.366 e. The molecule has 0 spiro atoms. The van der Waals surface area contributed by atoms with Crippen molar-refractivity contribution in [1.82, 2.24) is 9.80 Å². The van der Waals surface area contributed by atoms with Gasteiger partial charge in [0.05, 0.1) is 5.92 Å². The van der Waals surface area contributed by atoms with Gasteiger partial charge < -0.3 is 16.4 Å². The molecule has 196 valence electrons. The lowest BCUT2D eigenvalue weighted by Gasteiger charge is -2.32. The minimum absolute atomic E-state index is 0.270. The van der Waals surface area contributed by atoms with Crippen molar-refractivity contribution < 1.29 is 14.4 Å². The van der Waals surface area contributed by atoms with Crippen LogP contribution in [0.5, 0.6) is 0 Å². The number of piperazine rings is 1. The molecule has 1 fully saturated rings. The largest absolute Gasteiger partial charge is 0.366 e. The van der Waals surface area contributed by atoms with Gasteiger partial charge >= 0.3 is 0 Å². The fourth-order valence-corrected chi connectivity index (χ4v) is 4.83. The second-order valence-electron chi connectivity index (χ2n) is 9.80. The highest BCUT2D eigenvalue weighted by Crippen LogP contribution is 2.29. The third kappa shape index (κ3) is 6.82. The minimum atomic E-state index is -1.01. The summed E-state index contributed by atoms with van der Waals surface area (Å²) in [5.74, 6) is -3.18. The summed E-state index contributed by atoms with van der Waals surface area (Å²) in [6, 6.07) is 22.7. The molecule has 3 aromatic rings. The number of carbonyl (C=O) groups is 3. The molecule has 2 amide bonds. The molecule has 0 aliphatic carbocycles. The lowest BCUT2D eigenvalue weighted by molar-refractivity contribution is -0.136. The molecule has 0 aromatic heterocycles.